The lowest BCUT2D eigenvalue weighted by Crippen LogP contribution is -2.42. The highest BCUT2D eigenvalue weighted by Crippen LogP contribution is 2.30. The van der Waals surface area contributed by atoms with Crippen LogP contribution in [0.4, 0.5) is 0 Å². The summed E-state index contributed by atoms with van der Waals surface area (Å²) < 4.78 is 6.16. The number of fused-ring (bicyclic) bond motifs is 1. The molecule has 1 amide bonds. The number of benzene rings is 4. The second kappa shape index (κ2) is 10.7. The number of amides is 1. The molecule has 0 aromatic heterocycles. The number of aryl methyl sites for hydroxylation is 1. The Balaban J connectivity index is 1.57. The minimum Gasteiger partial charge on any atom is -0.492 e. The fourth-order valence-electron chi connectivity index (χ4n) is 3.89. The molecule has 0 saturated heterocycles. The first kappa shape index (κ1) is 23.1. The predicted molar refractivity (Wildman–Crippen MR) is 133 cm³/mol. The summed E-state index contributed by atoms with van der Waals surface area (Å²) in [6, 6.07) is 27.7. The topological polar surface area (TPSA) is 75.6 Å². The van der Waals surface area contributed by atoms with E-state index in [1.165, 1.54) is 5.56 Å². The van der Waals surface area contributed by atoms with Gasteiger partial charge in [-0.3, -0.25) is 4.79 Å². The smallest absolute Gasteiger partial charge is 0.326 e. The van der Waals surface area contributed by atoms with E-state index in [2.05, 4.69) is 29.6 Å². The van der Waals surface area contributed by atoms with Crippen molar-refractivity contribution in [2.24, 2.45) is 0 Å². The summed E-state index contributed by atoms with van der Waals surface area (Å²) in [5.41, 5.74) is 3.50. The first-order valence-corrected chi connectivity index (χ1v) is 11.3. The van der Waals surface area contributed by atoms with Crippen LogP contribution >= 0.6 is 0 Å². The molecule has 0 unspecified atom stereocenters. The van der Waals surface area contributed by atoms with E-state index in [0.717, 1.165) is 21.9 Å². The standard InChI is InChI=1S/C29H27NO4/c1-20-11-13-21(14-12-20)17-18-34-27-24-10-6-5-9-23(24)15-16-25(27)28(31)30-26(29(32)33)19-22-7-3-2-4-8-22/h2-16,26H,17-19H2,1H3,(H,30,31)(H,32,33)/t26-/m0/s1. The molecule has 4 aromatic carbocycles. The van der Waals surface area contributed by atoms with Crippen LogP contribution in [0, 0.1) is 6.92 Å². The number of hydrogen-bond donors (Lipinski definition) is 2. The molecule has 0 saturated carbocycles. The molecule has 172 valence electrons. The van der Waals surface area contributed by atoms with E-state index in [0.29, 0.717) is 24.3 Å². The molecule has 0 fully saturated rings. The van der Waals surface area contributed by atoms with Crippen LogP contribution in [0.5, 0.6) is 5.75 Å². The maximum atomic E-state index is 13.2. The number of carbonyl (C=O) groups excluding carboxylic acids is 1. The number of hydrogen-bond acceptors (Lipinski definition) is 3. The summed E-state index contributed by atoms with van der Waals surface area (Å²) in [6.45, 7) is 2.44. The van der Waals surface area contributed by atoms with Gasteiger partial charge in [0.05, 0.1) is 12.2 Å². The molecule has 0 radical (unpaired) electrons. The van der Waals surface area contributed by atoms with E-state index >= 15 is 0 Å². The van der Waals surface area contributed by atoms with Gasteiger partial charge in [-0.25, -0.2) is 4.79 Å². The van der Waals surface area contributed by atoms with E-state index in [9.17, 15) is 14.7 Å². The Morgan fingerprint density at radius 2 is 1.56 bits per heavy atom. The highest BCUT2D eigenvalue weighted by Gasteiger charge is 2.24. The SMILES string of the molecule is Cc1ccc(CCOc2c(C(=O)N[C@@H](Cc3ccccc3)C(=O)O)ccc3ccccc23)cc1. The molecule has 4 aromatic rings. The number of carboxylic acids is 1. The van der Waals surface area contributed by atoms with Gasteiger partial charge in [0, 0.05) is 18.2 Å². The molecule has 5 heteroatoms. The molecule has 0 aliphatic carbocycles. The average Bonchev–Trinajstić information content (AvgIpc) is 2.85. The zero-order valence-corrected chi connectivity index (χ0v) is 19.0. The molecular weight excluding hydrogens is 426 g/mol. The summed E-state index contributed by atoms with van der Waals surface area (Å²) in [6.07, 6.45) is 0.884. The number of carboxylic acid groups (broad SMARTS) is 1. The Bertz CT molecular complexity index is 1280. The third kappa shape index (κ3) is 5.62. The number of nitrogens with one attached hydrogen (secondary N) is 1. The monoisotopic (exact) mass is 453 g/mol. The number of carbonyl (C=O) groups is 2. The van der Waals surface area contributed by atoms with Crippen molar-refractivity contribution in [2.45, 2.75) is 25.8 Å². The maximum absolute atomic E-state index is 13.2. The van der Waals surface area contributed by atoms with E-state index in [-0.39, 0.29) is 6.42 Å². The predicted octanol–water partition coefficient (Wildman–Crippen LogP) is 5.20. The van der Waals surface area contributed by atoms with Crippen LogP contribution in [0.1, 0.15) is 27.0 Å². The molecular formula is C29H27NO4. The van der Waals surface area contributed by atoms with Crippen molar-refractivity contribution in [2.75, 3.05) is 6.61 Å². The zero-order valence-electron chi connectivity index (χ0n) is 19.0. The van der Waals surface area contributed by atoms with Crippen molar-refractivity contribution < 1.29 is 19.4 Å². The largest absolute Gasteiger partial charge is 0.492 e. The fraction of sp³-hybridized carbons (Fsp3) is 0.172. The molecule has 34 heavy (non-hydrogen) atoms. The minimum atomic E-state index is -1.08. The van der Waals surface area contributed by atoms with Gasteiger partial charge in [-0.1, -0.05) is 90.5 Å². The van der Waals surface area contributed by atoms with Gasteiger partial charge in [0.15, 0.2) is 0 Å². The van der Waals surface area contributed by atoms with Crippen LogP contribution in [-0.2, 0) is 17.6 Å². The van der Waals surface area contributed by atoms with Gasteiger partial charge in [0.25, 0.3) is 5.91 Å². The third-order valence-corrected chi connectivity index (χ3v) is 5.77. The Kier molecular flexibility index (Phi) is 7.23. The lowest BCUT2D eigenvalue weighted by Gasteiger charge is -2.18. The van der Waals surface area contributed by atoms with Gasteiger partial charge in [-0.2, -0.15) is 0 Å². The minimum absolute atomic E-state index is 0.194. The van der Waals surface area contributed by atoms with Crippen molar-refractivity contribution in [1.29, 1.82) is 0 Å². The molecule has 0 bridgehead atoms. The second-order valence-corrected chi connectivity index (χ2v) is 8.30. The van der Waals surface area contributed by atoms with Crippen molar-refractivity contribution in [3.63, 3.8) is 0 Å². The summed E-state index contributed by atoms with van der Waals surface area (Å²) in [5, 5.41) is 14.2. The first-order valence-electron chi connectivity index (χ1n) is 11.3. The quantitative estimate of drug-likeness (QED) is 0.365. The Labute approximate surface area is 199 Å². The Morgan fingerprint density at radius 3 is 2.29 bits per heavy atom. The molecule has 5 nitrogen and oxygen atoms in total. The first-order chi connectivity index (χ1) is 16.5. The van der Waals surface area contributed by atoms with Gasteiger partial charge in [0.1, 0.15) is 11.8 Å². The van der Waals surface area contributed by atoms with Crippen LogP contribution in [0.15, 0.2) is 91.0 Å². The van der Waals surface area contributed by atoms with E-state index in [1.807, 2.05) is 67.6 Å². The zero-order chi connectivity index (χ0) is 23.9. The molecule has 0 aliphatic rings. The van der Waals surface area contributed by atoms with E-state index in [4.69, 9.17) is 4.74 Å². The van der Waals surface area contributed by atoms with Crippen LogP contribution in [-0.4, -0.2) is 29.6 Å². The lowest BCUT2D eigenvalue weighted by molar-refractivity contribution is -0.139. The van der Waals surface area contributed by atoms with Gasteiger partial charge in [-0.15, -0.1) is 0 Å². The van der Waals surface area contributed by atoms with Crippen molar-refractivity contribution in [3.8, 4) is 5.75 Å². The highest BCUT2D eigenvalue weighted by atomic mass is 16.5. The maximum Gasteiger partial charge on any atom is 0.326 e. The van der Waals surface area contributed by atoms with E-state index < -0.39 is 17.9 Å². The molecule has 4 rings (SSSR count). The van der Waals surface area contributed by atoms with Crippen molar-refractivity contribution >= 4 is 22.6 Å². The van der Waals surface area contributed by atoms with E-state index in [1.54, 1.807) is 6.07 Å². The molecule has 0 aliphatic heterocycles. The van der Waals surface area contributed by atoms with Gasteiger partial charge < -0.3 is 15.2 Å². The average molecular weight is 454 g/mol. The Hall–Kier alpha value is -4.12. The molecule has 0 spiro atoms. The lowest BCUT2D eigenvalue weighted by atomic mass is 10.0. The van der Waals surface area contributed by atoms with Crippen molar-refractivity contribution in [3.05, 3.63) is 113 Å². The highest BCUT2D eigenvalue weighted by molar-refractivity contribution is 6.04. The molecule has 0 heterocycles. The number of aliphatic carboxylic acids is 1. The number of ether oxygens (including phenoxy) is 1. The van der Waals surface area contributed by atoms with Crippen LogP contribution in [0.3, 0.4) is 0 Å². The van der Waals surface area contributed by atoms with Crippen LogP contribution in [0.25, 0.3) is 10.8 Å². The van der Waals surface area contributed by atoms with Gasteiger partial charge in [-0.05, 0) is 29.5 Å². The van der Waals surface area contributed by atoms with Crippen LogP contribution < -0.4 is 10.1 Å². The molecule has 2 N–H and O–H groups in total. The summed E-state index contributed by atoms with van der Waals surface area (Å²) in [4.78, 5) is 25.1. The third-order valence-electron chi connectivity index (χ3n) is 5.77. The Morgan fingerprint density at radius 1 is 0.853 bits per heavy atom. The summed E-state index contributed by atoms with van der Waals surface area (Å²) in [5.74, 6) is -1.09. The second-order valence-electron chi connectivity index (χ2n) is 8.30. The van der Waals surface area contributed by atoms with Gasteiger partial charge in [0.2, 0.25) is 0 Å². The van der Waals surface area contributed by atoms with Gasteiger partial charge >= 0.3 is 5.97 Å². The summed E-state index contributed by atoms with van der Waals surface area (Å²) in [7, 11) is 0. The normalized spacial score (nSPS) is 11.7. The fourth-order valence-corrected chi connectivity index (χ4v) is 3.89. The van der Waals surface area contributed by atoms with Crippen molar-refractivity contribution in [1.82, 2.24) is 5.32 Å². The summed E-state index contributed by atoms with van der Waals surface area (Å²) >= 11 is 0. The number of rotatable bonds is 9. The molecule has 1 atom stereocenters. The van der Waals surface area contributed by atoms with Crippen LogP contribution in [0.2, 0.25) is 0 Å².